The number of nitrogens with zero attached hydrogens (tertiary/aromatic N) is 5. The molecular formula is C39H43N7O7. The molecule has 3 heterocycles. The van der Waals surface area contributed by atoms with Crippen molar-refractivity contribution in [2.45, 2.75) is 44.6 Å². The number of aromatic nitrogens is 1. The largest absolute Gasteiger partial charge is 0.508 e. The van der Waals surface area contributed by atoms with Gasteiger partial charge in [0.25, 0.3) is 5.91 Å². The van der Waals surface area contributed by atoms with E-state index in [2.05, 4.69) is 17.2 Å². The van der Waals surface area contributed by atoms with Gasteiger partial charge in [-0.2, -0.15) is 0 Å². The molecule has 4 aromatic rings. The monoisotopic (exact) mass is 721 g/mol. The molecule has 0 unspecified atom stereocenters. The Labute approximate surface area is 306 Å². The topological polar surface area (TPSA) is 168 Å². The second kappa shape index (κ2) is 16.0. The van der Waals surface area contributed by atoms with Crippen LogP contribution in [-0.4, -0.2) is 103 Å². The van der Waals surface area contributed by atoms with Crippen LogP contribution in [0.25, 0.3) is 10.9 Å². The molecule has 2 saturated heterocycles. The molecule has 5 amide bonds. The highest BCUT2D eigenvalue weighted by Gasteiger charge is 2.51. The maximum absolute atomic E-state index is 14.5. The summed E-state index contributed by atoms with van der Waals surface area (Å²) in [6, 6.07) is 20.1. The number of aryl methyl sites for hydroxylation is 1. The maximum atomic E-state index is 14.5. The van der Waals surface area contributed by atoms with Crippen LogP contribution in [0.2, 0.25) is 0 Å². The van der Waals surface area contributed by atoms with Gasteiger partial charge in [-0.15, -0.1) is 6.58 Å². The third kappa shape index (κ3) is 8.02. The van der Waals surface area contributed by atoms with Crippen molar-refractivity contribution in [3.8, 4) is 5.75 Å². The Morgan fingerprint density at radius 1 is 0.962 bits per heavy atom. The first-order valence-electron chi connectivity index (χ1n) is 17.5. The van der Waals surface area contributed by atoms with E-state index in [0.29, 0.717) is 17.4 Å². The third-order valence-corrected chi connectivity index (χ3v) is 9.57. The summed E-state index contributed by atoms with van der Waals surface area (Å²) in [6.45, 7) is 4.53. The number of carbonyl (C=O) groups is 5. The van der Waals surface area contributed by atoms with E-state index in [9.17, 15) is 29.1 Å². The van der Waals surface area contributed by atoms with Crippen LogP contribution in [0.5, 0.6) is 5.75 Å². The fourth-order valence-electron chi connectivity index (χ4n) is 7.16. The number of fused-ring (bicyclic) bond motifs is 2. The van der Waals surface area contributed by atoms with Crippen molar-refractivity contribution in [1.29, 1.82) is 0 Å². The van der Waals surface area contributed by atoms with Crippen LogP contribution in [0, 0.1) is 0 Å². The van der Waals surface area contributed by atoms with E-state index in [0.717, 1.165) is 22.2 Å². The van der Waals surface area contributed by atoms with Gasteiger partial charge in [-0.1, -0.05) is 66.7 Å². The quantitative estimate of drug-likeness (QED) is 0.121. The van der Waals surface area contributed by atoms with Gasteiger partial charge >= 0.3 is 12.0 Å². The summed E-state index contributed by atoms with van der Waals surface area (Å²) in [5.74, 6) is -1.80. The molecule has 0 bridgehead atoms. The molecule has 0 radical (unpaired) electrons. The van der Waals surface area contributed by atoms with Gasteiger partial charge in [0.2, 0.25) is 11.8 Å². The number of phenolic OH excluding ortho intramolecular Hbond substituents is 1. The van der Waals surface area contributed by atoms with Crippen molar-refractivity contribution in [3.05, 3.63) is 114 Å². The van der Waals surface area contributed by atoms with E-state index in [1.54, 1.807) is 34.3 Å². The minimum Gasteiger partial charge on any atom is -0.508 e. The lowest BCUT2D eigenvalue weighted by Gasteiger charge is -2.55. The Hall–Kier alpha value is -6.15. The van der Waals surface area contributed by atoms with E-state index in [-0.39, 0.29) is 75.6 Å². The number of carbonyl (C=O) groups excluding carboxylic acids is 4. The van der Waals surface area contributed by atoms with Crippen LogP contribution in [0.3, 0.4) is 0 Å². The minimum atomic E-state index is -0.958. The van der Waals surface area contributed by atoms with Gasteiger partial charge in [-0.25, -0.2) is 14.8 Å². The number of hydrogen-bond acceptors (Lipinski definition) is 7. The second-order valence-corrected chi connectivity index (χ2v) is 13.2. The van der Waals surface area contributed by atoms with Crippen molar-refractivity contribution in [3.63, 3.8) is 0 Å². The van der Waals surface area contributed by atoms with Crippen molar-refractivity contribution >= 4 is 40.6 Å². The average Bonchev–Trinajstić information content (AvgIpc) is 3.49. The summed E-state index contributed by atoms with van der Waals surface area (Å²) < 4.78 is 1.82. The Bertz CT molecular complexity index is 2010. The first kappa shape index (κ1) is 36.6. The van der Waals surface area contributed by atoms with E-state index in [1.165, 1.54) is 22.0 Å². The molecule has 3 aromatic carbocycles. The van der Waals surface area contributed by atoms with E-state index < -0.39 is 24.2 Å². The predicted molar refractivity (Wildman–Crippen MR) is 196 cm³/mol. The summed E-state index contributed by atoms with van der Waals surface area (Å²) in [5.41, 5.74) is 3.53. The molecule has 0 spiro atoms. The van der Waals surface area contributed by atoms with Crippen LogP contribution < -0.4 is 10.6 Å². The number of urea groups is 1. The highest BCUT2D eigenvalue weighted by Crippen LogP contribution is 2.31. The van der Waals surface area contributed by atoms with Gasteiger partial charge < -0.3 is 35.2 Å². The molecule has 0 aliphatic carbocycles. The first-order chi connectivity index (χ1) is 25.5. The molecule has 6 rings (SSSR count). The molecule has 14 nitrogen and oxygen atoms in total. The average molecular weight is 722 g/mol. The van der Waals surface area contributed by atoms with E-state index >= 15 is 0 Å². The summed E-state index contributed by atoms with van der Waals surface area (Å²) in [5, 5.41) is 28.5. The Morgan fingerprint density at radius 3 is 2.43 bits per heavy atom. The normalized spacial score (nSPS) is 17.5. The number of phenols is 1. The lowest BCUT2D eigenvalue weighted by Crippen LogP contribution is -2.76. The van der Waals surface area contributed by atoms with Crippen LogP contribution >= 0.6 is 0 Å². The molecule has 2 atom stereocenters. The SMILES string of the molecule is C=CCN1CC(=O)N2[C@@H](Cc3ccc(O)cc3)C(=O)N(Cc3cccc4c(C(=O)NCCCC(=O)O)cn(C)c34)C[C@@H]2N1C(=O)NCc1ccccc1. The molecule has 2 aliphatic rings. The summed E-state index contributed by atoms with van der Waals surface area (Å²) in [7, 11) is 1.81. The van der Waals surface area contributed by atoms with Gasteiger partial charge in [0, 0.05) is 57.7 Å². The van der Waals surface area contributed by atoms with Crippen molar-refractivity contribution < 1.29 is 34.2 Å². The molecule has 4 N–H and O–H groups in total. The number of aliphatic carboxylic acids is 1. The minimum absolute atomic E-state index is 0.0147. The Balaban J connectivity index is 1.34. The zero-order chi connectivity index (χ0) is 37.6. The molecular weight excluding hydrogens is 678 g/mol. The number of carboxylic acids is 1. The van der Waals surface area contributed by atoms with Crippen LogP contribution in [0.15, 0.2) is 91.6 Å². The van der Waals surface area contributed by atoms with Crippen molar-refractivity contribution in [1.82, 2.24) is 35.0 Å². The van der Waals surface area contributed by atoms with Gasteiger partial charge in [-0.3, -0.25) is 19.2 Å². The second-order valence-electron chi connectivity index (χ2n) is 13.2. The van der Waals surface area contributed by atoms with Gasteiger partial charge in [0.1, 0.15) is 18.0 Å². The summed E-state index contributed by atoms with van der Waals surface area (Å²) >= 11 is 0. The smallest absolute Gasteiger partial charge is 0.334 e. The predicted octanol–water partition coefficient (Wildman–Crippen LogP) is 3.22. The number of hydrogen-bond donors (Lipinski definition) is 4. The number of nitrogens with one attached hydrogen (secondary N) is 2. The zero-order valence-corrected chi connectivity index (χ0v) is 29.5. The molecule has 53 heavy (non-hydrogen) atoms. The Kier molecular flexibility index (Phi) is 11.1. The number of hydrazine groups is 1. The summed E-state index contributed by atoms with van der Waals surface area (Å²) in [6.07, 6.45) is 2.87. The number of aromatic hydroxyl groups is 1. The third-order valence-electron chi connectivity index (χ3n) is 9.57. The fraction of sp³-hybridized carbons (Fsp3) is 0.308. The number of para-hydroxylation sites is 1. The van der Waals surface area contributed by atoms with Crippen LogP contribution in [0.4, 0.5) is 4.79 Å². The molecule has 276 valence electrons. The molecule has 2 fully saturated rings. The number of rotatable bonds is 13. The van der Waals surface area contributed by atoms with Crippen molar-refractivity contribution in [2.24, 2.45) is 7.05 Å². The number of piperazine rings is 1. The fourth-order valence-corrected chi connectivity index (χ4v) is 7.16. The standard InChI is InChI=1S/C39H43N7O7/c1-3-19-44-25-34(48)45-32(20-26-14-16-29(47)17-15-26)38(52)43(24-33(45)46(44)39(53)41-21-27-9-5-4-6-10-27)22-28-11-7-12-30-31(23-42(2)36(28)30)37(51)40-18-8-13-35(49)50/h3-7,9-12,14-17,23,32-33,47H,1,8,13,18-22,24-25H2,2H3,(H,40,51)(H,41,53)(H,49,50)/t32-,33-/m0/s1. The lowest BCUT2D eigenvalue weighted by molar-refractivity contribution is -0.189. The molecule has 1 aromatic heterocycles. The molecule has 2 aliphatic heterocycles. The van der Waals surface area contributed by atoms with E-state index in [4.69, 9.17) is 5.11 Å². The summed E-state index contributed by atoms with van der Waals surface area (Å²) in [4.78, 5) is 69.8. The Morgan fingerprint density at radius 2 is 1.72 bits per heavy atom. The number of carboxylic acid groups (broad SMARTS) is 1. The number of benzene rings is 3. The van der Waals surface area contributed by atoms with Gasteiger partial charge in [-0.05, 0) is 35.2 Å². The van der Waals surface area contributed by atoms with Crippen LogP contribution in [0.1, 0.15) is 39.9 Å². The highest BCUT2D eigenvalue weighted by atomic mass is 16.4. The van der Waals surface area contributed by atoms with Gasteiger partial charge in [0.05, 0.1) is 24.2 Å². The number of amides is 5. The molecule has 0 saturated carbocycles. The zero-order valence-electron chi connectivity index (χ0n) is 29.5. The van der Waals surface area contributed by atoms with Gasteiger partial charge in [0.15, 0.2) is 0 Å². The highest BCUT2D eigenvalue weighted by molar-refractivity contribution is 6.07. The maximum Gasteiger partial charge on any atom is 0.334 e. The first-order valence-corrected chi connectivity index (χ1v) is 17.5. The lowest BCUT2D eigenvalue weighted by atomic mass is 9.98. The van der Waals surface area contributed by atoms with E-state index in [1.807, 2.05) is 60.1 Å². The van der Waals surface area contributed by atoms with Crippen molar-refractivity contribution in [2.75, 3.05) is 26.2 Å². The molecule has 14 heteroatoms. The van der Waals surface area contributed by atoms with Crippen LogP contribution in [-0.2, 0) is 40.9 Å².